The number of amides is 2. The van der Waals surface area contributed by atoms with Crippen LogP contribution in [0.15, 0.2) is 54.6 Å². The minimum absolute atomic E-state index is 0.0214. The molecule has 0 radical (unpaired) electrons. The number of fused-ring (bicyclic) bond motifs is 1. The summed E-state index contributed by atoms with van der Waals surface area (Å²) in [6.07, 6.45) is 2.67. The van der Waals surface area contributed by atoms with Gasteiger partial charge in [-0.05, 0) is 43.5 Å². The van der Waals surface area contributed by atoms with Crippen LogP contribution in [0.1, 0.15) is 19.3 Å². The van der Waals surface area contributed by atoms with E-state index in [9.17, 15) is 9.59 Å². The van der Waals surface area contributed by atoms with Gasteiger partial charge in [-0.25, -0.2) is 0 Å². The van der Waals surface area contributed by atoms with Gasteiger partial charge in [0.2, 0.25) is 5.91 Å². The summed E-state index contributed by atoms with van der Waals surface area (Å²) in [5, 5.41) is 0. The molecule has 0 N–H and O–H groups in total. The summed E-state index contributed by atoms with van der Waals surface area (Å²) in [7, 11) is 1.78. The molecule has 29 heavy (non-hydrogen) atoms. The lowest BCUT2D eigenvalue weighted by atomic mass is 10.1. The molecule has 1 unspecified atom stereocenters. The Morgan fingerprint density at radius 1 is 1.00 bits per heavy atom. The fraction of sp³-hybridized carbons (Fsp3) is 0.391. The van der Waals surface area contributed by atoms with Crippen molar-refractivity contribution in [3.63, 3.8) is 0 Å². The zero-order valence-corrected chi connectivity index (χ0v) is 16.8. The number of anilines is 2. The lowest BCUT2D eigenvalue weighted by Gasteiger charge is -2.38. The second-order valence-corrected chi connectivity index (χ2v) is 7.63. The Hall–Kier alpha value is -3.02. The molecule has 1 fully saturated rings. The molecule has 2 aliphatic heterocycles. The predicted octanol–water partition coefficient (Wildman–Crippen LogP) is 2.93. The second kappa shape index (κ2) is 8.55. The number of piperidine rings is 1. The van der Waals surface area contributed by atoms with Gasteiger partial charge in [0.25, 0.3) is 5.91 Å². The average molecular weight is 393 g/mol. The van der Waals surface area contributed by atoms with Gasteiger partial charge < -0.3 is 19.4 Å². The molecule has 4 rings (SSSR count). The highest BCUT2D eigenvalue weighted by atomic mass is 16.5. The molecule has 0 spiro atoms. The number of nitrogens with zero attached hydrogens (tertiary/aromatic N) is 3. The Balaban J connectivity index is 1.52. The van der Waals surface area contributed by atoms with Crippen LogP contribution in [0.3, 0.4) is 0 Å². The lowest BCUT2D eigenvalue weighted by Crippen LogP contribution is -2.53. The van der Waals surface area contributed by atoms with E-state index in [1.165, 1.54) is 6.42 Å². The highest BCUT2D eigenvalue weighted by Crippen LogP contribution is 2.33. The first-order chi connectivity index (χ1) is 14.1. The summed E-state index contributed by atoms with van der Waals surface area (Å²) in [5.41, 5.74) is 1.70. The summed E-state index contributed by atoms with van der Waals surface area (Å²) in [6.45, 7) is 2.14. The van der Waals surface area contributed by atoms with Gasteiger partial charge in [-0.1, -0.05) is 30.3 Å². The summed E-state index contributed by atoms with van der Waals surface area (Å²) in [6, 6.07) is 17.2. The summed E-state index contributed by atoms with van der Waals surface area (Å²) in [5.74, 6) is 0.648. The van der Waals surface area contributed by atoms with Crippen LogP contribution in [0.4, 0.5) is 11.4 Å². The van der Waals surface area contributed by atoms with E-state index in [0.29, 0.717) is 12.3 Å². The topological polar surface area (TPSA) is 53.1 Å². The molecule has 0 aliphatic carbocycles. The molecule has 6 nitrogen and oxygen atoms in total. The highest BCUT2D eigenvalue weighted by Gasteiger charge is 2.34. The molecule has 2 amide bonds. The Labute approximate surface area is 171 Å². The van der Waals surface area contributed by atoms with Crippen LogP contribution < -0.4 is 14.5 Å². The van der Waals surface area contributed by atoms with E-state index in [2.05, 4.69) is 0 Å². The maximum atomic E-state index is 13.0. The first kappa shape index (κ1) is 19.3. The van der Waals surface area contributed by atoms with E-state index in [-0.39, 0.29) is 18.4 Å². The smallest absolute Gasteiger partial charge is 0.265 e. The lowest BCUT2D eigenvalue weighted by molar-refractivity contribution is -0.139. The van der Waals surface area contributed by atoms with E-state index in [4.69, 9.17) is 4.74 Å². The molecular weight excluding hydrogens is 366 g/mol. The average Bonchev–Trinajstić information content (AvgIpc) is 2.79. The highest BCUT2D eigenvalue weighted by molar-refractivity contribution is 5.96. The van der Waals surface area contributed by atoms with Gasteiger partial charge in [-0.2, -0.15) is 0 Å². The standard InChI is InChI=1S/C23H27N3O3/c1-24(18-10-4-2-5-11-18)22(27)17-26-16-21(23(28)25-14-8-3-9-15-25)29-20-13-7-6-12-19(20)26/h2,4-7,10-13,21H,3,8-9,14-17H2,1H3. The van der Waals surface area contributed by atoms with Crippen LogP contribution in [0, 0.1) is 0 Å². The van der Waals surface area contributed by atoms with Crippen LogP contribution in [0.25, 0.3) is 0 Å². The number of rotatable bonds is 4. The molecule has 2 heterocycles. The van der Waals surface area contributed by atoms with Crippen LogP contribution in [0.2, 0.25) is 0 Å². The number of benzene rings is 2. The van der Waals surface area contributed by atoms with E-state index >= 15 is 0 Å². The number of carbonyl (C=O) groups excluding carboxylic acids is 2. The number of likely N-dealkylation sites (N-methyl/N-ethyl adjacent to an activating group) is 1. The third-order valence-corrected chi connectivity index (χ3v) is 5.65. The van der Waals surface area contributed by atoms with Crippen LogP contribution in [-0.2, 0) is 9.59 Å². The zero-order valence-electron chi connectivity index (χ0n) is 16.8. The van der Waals surface area contributed by atoms with E-state index in [1.807, 2.05) is 64.4 Å². The number of hydrogen-bond donors (Lipinski definition) is 0. The monoisotopic (exact) mass is 393 g/mol. The second-order valence-electron chi connectivity index (χ2n) is 7.63. The Bertz CT molecular complexity index is 865. The molecular formula is C23H27N3O3. The first-order valence-electron chi connectivity index (χ1n) is 10.2. The number of ether oxygens (including phenoxy) is 1. The van der Waals surface area contributed by atoms with Gasteiger partial charge >= 0.3 is 0 Å². The molecule has 2 aromatic carbocycles. The van der Waals surface area contributed by atoms with E-state index < -0.39 is 6.10 Å². The number of para-hydroxylation sites is 3. The molecule has 1 saturated heterocycles. The van der Waals surface area contributed by atoms with E-state index in [0.717, 1.165) is 37.3 Å². The maximum Gasteiger partial charge on any atom is 0.265 e. The molecule has 1 atom stereocenters. The first-order valence-corrected chi connectivity index (χ1v) is 10.2. The van der Waals surface area contributed by atoms with Crippen molar-refractivity contribution in [2.24, 2.45) is 0 Å². The van der Waals surface area contributed by atoms with Crippen LogP contribution in [0.5, 0.6) is 5.75 Å². The van der Waals surface area contributed by atoms with Crippen molar-refractivity contribution in [1.82, 2.24) is 4.90 Å². The van der Waals surface area contributed by atoms with Gasteiger partial charge in [0, 0.05) is 25.8 Å². The number of carbonyl (C=O) groups is 2. The van der Waals surface area contributed by atoms with E-state index in [1.54, 1.807) is 11.9 Å². The Morgan fingerprint density at radius 2 is 1.69 bits per heavy atom. The van der Waals surface area contributed by atoms with Crippen LogP contribution >= 0.6 is 0 Å². The molecule has 0 saturated carbocycles. The Morgan fingerprint density at radius 3 is 2.45 bits per heavy atom. The third kappa shape index (κ3) is 4.21. The van der Waals surface area contributed by atoms with Gasteiger partial charge in [-0.3, -0.25) is 9.59 Å². The van der Waals surface area contributed by atoms with Crippen molar-refractivity contribution >= 4 is 23.2 Å². The number of hydrogen-bond acceptors (Lipinski definition) is 4. The zero-order chi connectivity index (χ0) is 20.2. The summed E-state index contributed by atoms with van der Waals surface area (Å²) >= 11 is 0. The van der Waals surface area contributed by atoms with Crippen molar-refractivity contribution in [3.8, 4) is 5.75 Å². The molecule has 2 aromatic rings. The van der Waals surface area contributed by atoms with Crippen molar-refractivity contribution in [3.05, 3.63) is 54.6 Å². The maximum absolute atomic E-state index is 13.0. The summed E-state index contributed by atoms with van der Waals surface area (Å²) in [4.78, 5) is 31.5. The number of likely N-dealkylation sites (tertiary alicyclic amines) is 1. The minimum atomic E-state index is -0.585. The molecule has 2 aliphatic rings. The minimum Gasteiger partial charge on any atom is -0.477 e. The van der Waals surface area contributed by atoms with Gasteiger partial charge in [0.1, 0.15) is 5.75 Å². The van der Waals surface area contributed by atoms with Gasteiger partial charge in [-0.15, -0.1) is 0 Å². The summed E-state index contributed by atoms with van der Waals surface area (Å²) < 4.78 is 6.05. The molecule has 0 bridgehead atoms. The molecule has 152 valence electrons. The fourth-order valence-corrected chi connectivity index (χ4v) is 3.97. The Kier molecular flexibility index (Phi) is 5.69. The fourth-order valence-electron chi connectivity index (χ4n) is 3.97. The van der Waals surface area contributed by atoms with Crippen molar-refractivity contribution in [1.29, 1.82) is 0 Å². The van der Waals surface area contributed by atoms with Gasteiger partial charge in [0.15, 0.2) is 6.10 Å². The van der Waals surface area contributed by atoms with Crippen LogP contribution in [-0.4, -0.2) is 56.0 Å². The van der Waals surface area contributed by atoms with Crippen molar-refractivity contribution < 1.29 is 14.3 Å². The van der Waals surface area contributed by atoms with Gasteiger partial charge in [0.05, 0.1) is 18.8 Å². The molecule has 0 aromatic heterocycles. The van der Waals surface area contributed by atoms with Crippen molar-refractivity contribution in [2.45, 2.75) is 25.4 Å². The SMILES string of the molecule is CN(C(=O)CN1CC(C(=O)N2CCCCC2)Oc2ccccc21)c1ccccc1. The normalized spacial score (nSPS) is 18.6. The third-order valence-electron chi connectivity index (χ3n) is 5.65. The predicted molar refractivity (Wildman–Crippen MR) is 113 cm³/mol. The molecule has 6 heteroatoms. The largest absolute Gasteiger partial charge is 0.477 e. The van der Waals surface area contributed by atoms with Crippen molar-refractivity contribution in [2.75, 3.05) is 43.0 Å². The quantitative estimate of drug-likeness (QED) is 0.802.